The summed E-state index contributed by atoms with van der Waals surface area (Å²) in [4.78, 5) is 107. The predicted octanol–water partition coefficient (Wildman–Crippen LogP) is 29.7. The molecule has 6 N–H and O–H groups in total. The van der Waals surface area contributed by atoms with Gasteiger partial charge in [0.05, 0.1) is 67.5 Å². The fraction of sp³-hybridized carbons (Fsp3) is 0. The number of aromatic carboxylic acids is 6. The van der Waals surface area contributed by atoms with Gasteiger partial charge in [-0.3, -0.25) is 0 Å². The lowest BCUT2D eigenvalue weighted by molar-refractivity contribution is 0.0686. The Bertz CT molecular complexity index is 7420. The topological polar surface area (TPSA) is 301 Å². The van der Waals surface area contributed by atoms with Crippen molar-refractivity contribution in [2.24, 2.45) is 0 Å². The Balaban J connectivity index is 0.757. The van der Waals surface area contributed by atoms with Gasteiger partial charge in [-0.2, -0.15) is 0 Å². The number of carbonyl (C=O) groups is 6. The molecule has 0 unspecified atom stereocenters. The van der Waals surface area contributed by atoms with Gasteiger partial charge in [0.25, 0.3) is 0 Å². The third-order valence-electron chi connectivity index (χ3n) is 26.4. The van der Waals surface area contributed by atoms with Crippen molar-refractivity contribution in [3.63, 3.8) is 0 Å². The van der Waals surface area contributed by atoms with Crippen LogP contribution >= 0.6 is 0 Å². The van der Waals surface area contributed by atoms with Crippen LogP contribution in [0, 0.1) is 0 Å². The van der Waals surface area contributed by atoms with Crippen molar-refractivity contribution in [2.75, 3.05) is 0 Å². The van der Waals surface area contributed by atoms with E-state index < -0.39 is 35.8 Å². The maximum absolute atomic E-state index is 11.8. The summed E-state index contributed by atoms with van der Waals surface area (Å²) in [6, 6.07) is 139. The molecule has 144 heavy (non-hydrogen) atoms. The van der Waals surface area contributed by atoms with Crippen LogP contribution in [0.1, 0.15) is 62.1 Å². The molecule has 22 aromatic rings. The number of aromatic nitrogens is 6. The van der Waals surface area contributed by atoms with E-state index in [0.717, 1.165) is 134 Å². The maximum atomic E-state index is 11.8. The van der Waals surface area contributed by atoms with E-state index in [1.807, 2.05) is 218 Å². The zero-order valence-electron chi connectivity index (χ0n) is 76.4. The third kappa shape index (κ3) is 17.9. The van der Waals surface area contributed by atoms with Gasteiger partial charge in [-0.1, -0.05) is 364 Å². The van der Waals surface area contributed by atoms with Crippen molar-refractivity contribution in [3.8, 4) is 201 Å². The molecule has 3 aromatic heterocycles. The Morgan fingerprint density at radius 1 is 0.104 bits per heavy atom. The monoisotopic (exact) mass is 1870 g/mol. The Hall–Kier alpha value is -20.0. The molecule has 0 spiro atoms. The lowest BCUT2D eigenvalue weighted by Gasteiger charge is -2.18. The highest BCUT2D eigenvalue weighted by atomic mass is 16.4. The van der Waals surface area contributed by atoms with Crippen molar-refractivity contribution in [1.29, 1.82) is 0 Å². The molecule has 0 fully saturated rings. The summed E-state index contributed by atoms with van der Waals surface area (Å²) in [6.07, 6.45) is 0. The second-order valence-corrected chi connectivity index (χ2v) is 35.1. The standard InChI is InChI=1S/C126H78N6O12/c133-121(134)103-61-37-91(38-62-103)79-13-1-73(2-14-79)85-25-49-97(50-26-85)109-110(98-51-27-86(28-52-98)74-3-15-80(16-4-74)92-39-63-104(64-40-92)122(135)136)128-116-115(127-109)117-119(131-112(100-55-31-88(32-56-100)76-7-19-82(20-8-76)94-43-67-106(68-44-94)124(139)140)111(129-117)99-53-29-87(30-54-99)75-5-17-81(18-6-75)93-41-65-105(66-42-93)123(137)138)120-118(116)130-113(101-57-33-89(34-58-101)77-9-21-83(22-10-77)95-45-69-107(70-46-95)125(141)142)114(132-120)102-59-35-90(36-60-102)78-11-23-84(24-12-78)96-47-71-108(72-48-96)126(143)144/h1-72H,(H,133,134)(H,135,136)(H,137,138)(H,139,140)(H,141,142)(H,143,144). The molecule has 0 aliphatic carbocycles. The number of fused-ring (bicyclic) bond motifs is 6. The highest BCUT2D eigenvalue weighted by Gasteiger charge is 2.28. The average Bonchev–Trinajstić information content (AvgIpc) is 0.709. The van der Waals surface area contributed by atoms with Gasteiger partial charge in [-0.25, -0.2) is 58.7 Å². The molecule has 0 saturated carbocycles. The quantitative estimate of drug-likeness (QED) is 0.0306. The number of carboxylic acid groups (broad SMARTS) is 6. The fourth-order valence-electron chi connectivity index (χ4n) is 18.4. The van der Waals surface area contributed by atoms with E-state index in [-0.39, 0.29) is 33.4 Å². The SMILES string of the molecule is O=C(O)c1ccc(-c2ccc(-c3ccc(-c4nc5c6nc(-c7ccc(-c8ccc(-c9ccc(C(=O)O)cc9)cc8)cc7)c(-c7ccc(-c8ccc(-c9ccc(C(=O)O)cc9)cc8)cc7)nc6c6nc(-c7ccc(-c8ccc(-c9ccc(C(=O)O)cc9)cc8)cc7)c(-c7ccc(-c8ccc(-c9ccc(C(=O)O)cc9)cc8)cc7)nc6c5nc4-c4ccc(-c5ccc(-c6ccc(C(=O)O)cc6)cc5)cc4)cc3)cc2)cc1. The van der Waals surface area contributed by atoms with Crippen LogP contribution in [0.5, 0.6) is 0 Å². The van der Waals surface area contributed by atoms with Gasteiger partial charge in [-0.15, -0.1) is 0 Å². The summed E-state index contributed by atoms with van der Waals surface area (Å²) in [5, 5.41) is 58.2. The van der Waals surface area contributed by atoms with Crippen LogP contribution in [0.15, 0.2) is 437 Å². The number of hydrogen-bond donors (Lipinski definition) is 6. The molecule has 19 aromatic carbocycles. The number of benzene rings is 19. The van der Waals surface area contributed by atoms with E-state index >= 15 is 0 Å². The maximum Gasteiger partial charge on any atom is 0.335 e. The highest BCUT2D eigenvalue weighted by Crippen LogP contribution is 2.46. The van der Waals surface area contributed by atoms with Crippen molar-refractivity contribution in [2.45, 2.75) is 0 Å². The van der Waals surface area contributed by atoms with Gasteiger partial charge in [0.1, 0.15) is 33.1 Å². The van der Waals surface area contributed by atoms with Gasteiger partial charge in [-0.05, 0) is 206 Å². The Labute approximate surface area is 824 Å². The van der Waals surface area contributed by atoms with Gasteiger partial charge in [0.15, 0.2) is 0 Å². The molecule has 0 radical (unpaired) electrons. The Morgan fingerprint density at radius 3 is 0.236 bits per heavy atom. The highest BCUT2D eigenvalue weighted by molar-refractivity contribution is 6.20. The van der Waals surface area contributed by atoms with Crippen LogP contribution in [-0.2, 0) is 0 Å². The molecule has 18 nitrogen and oxygen atoms in total. The first-order valence-electron chi connectivity index (χ1n) is 46.3. The van der Waals surface area contributed by atoms with E-state index in [4.69, 9.17) is 29.9 Å². The number of hydrogen-bond acceptors (Lipinski definition) is 12. The first kappa shape index (κ1) is 89.2. The van der Waals surface area contributed by atoms with Gasteiger partial charge < -0.3 is 30.6 Å². The molecular weight excluding hydrogens is 1790 g/mol. The molecule has 0 aliphatic heterocycles. The summed E-state index contributed by atoms with van der Waals surface area (Å²) in [5.74, 6) is -6.02. The summed E-state index contributed by atoms with van der Waals surface area (Å²) < 4.78 is 0. The lowest BCUT2D eigenvalue weighted by atomic mass is 9.95. The van der Waals surface area contributed by atoms with Crippen LogP contribution in [-0.4, -0.2) is 96.4 Å². The number of nitrogens with zero attached hydrogens (tertiary/aromatic N) is 6. The van der Waals surface area contributed by atoms with Crippen LogP contribution in [0.25, 0.3) is 234 Å². The first-order chi connectivity index (χ1) is 70.2. The molecule has 684 valence electrons. The largest absolute Gasteiger partial charge is 0.478 e. The van der Waals surface area contributed by atoms with E-state index in [2.05, 4.69) is 72.8 Å². The second kappa shape index (κ2) is 37.8. The van der Waals surface area contributed by atoms with Crippen LogP contribution < -0.4 is 0 Å². The predicted molar refractivity (Wildman–Crippen MR) is 565 cm³/mol. The Morgan fingerprint density at radius 2 is 0.167 bits per heavy atom. The Kier molecular flexibility index (Phi) is 23.4. The van der Waals surface area contributed by atoms with Crippen LogP contribution in [0.3, 0.4) is 0 Å². The van der Waals surface area contributed by atoms with Crippen LogP contribution in [0.2, 0.25) is 0 Å². The molecule has 0 bridgehead atoms. The van der Waals surface area contributed by atoms with Crippen molar-refractivity contribution < 1.29 is 59.4 Å². The molecule has 3 heterocycles. The lowest BCUT2D eigenvalue weighted by Crippen LogP contribution is -2.04. The van der Waals surface area contributed by atoms with Crippen LogP contribution in [0.4, 0.5) is 0 Å². The van der Waals surface area contributed by atoms with Gasteiger partial charge in [0.2, 0.25) is 0 Å². The van der Waals surface area contributed by atoms with Gasteiger partial charge in [0, 0.05) is 33.4 Å². The minimum atomic E-state index is -1.00. The fourth-order valence-corrected chi connectivity index (χ4v) is 18.4. The molecule has 0 atom stereocenters. The molecule has 0 aliphatic rings. The summed E-state index contributed by atoms with van der Waals surface area (Å²) in [5.41, 5.74) is 32.4. The number of carboxylic acids is 6. The first-order valence-corrected chi connectivity index (χ1v) is 46.3. The molecule has 0 saturated heterocycles. The minimum Gasteiger partial charge on any atom is -0.478 e. The average molecular weight is 1870 g/mol. The minimum absolute atomic E-state index is 0.194. The van der Waals surface area contributed by atoms with Crippen molar-refractivity contribution >= 4 is 68.9 Å². The number of rotatable bonds is 24. The third-order valence-corrected chi connectivity index (χ3v) is 26.4. The smallest absolute Gasteiger partial charge is 0.335 e. The molecule has 0 amide bonds. The van der Waals surface area contributed by atoms with E-state index in [0.29, 0.717) is 101 Å². The summed E-state index contributed by atoms with van der Waals surface area (Å²) in [6.45, 7) is 0. The normalized spacial score (nSPS) is 11.2. The van der Waals surface area contributed by atoms with Gasteiger partial charge >= 0.3 is 35.8 Å². The zero-order chi connectivity index (χ0) is 98.3. The molecular formula is C126H78N6O12. The molecule has 18 heteroatoms. The second-order valence-electron chi connectivity index (χ2n) is 35.1. The van der Waals surface area contributed by atoms with E-state index in [9.17, 15) is 59.4 Å². The summed E-state index contributed by atoms with van der Waals surface area (Å²) in [7, 11) is 0. The zero-order valence-corrected chi connectivity index (χ0v) is 76.4. The molecule has 22 rings (SSSR count). The summed E-state index contributed by atoms with van der Waals surface area (Å²) >= 11 is 0. The van der Waals surface area contributed by atoms with E-state index in [1.54, 1.807) is 146 Å². The van der Waals surface area contributed by atoms with E-state index in [1.165, 1.54) is 0 Å². The van der Waals surface area contributed by atoms with Crippen molar-refractivity contribution in [3.05, 3.63) is 470 Å². The van der Waals surface area contributed by atoms with Crippen molar-refractivity contribution in [1.82, 2.24) is 29.9 Å².